The van der Waals surface area contributed by atoms with Crippen LogP contribution >= 0.6 is 0 Å². The highest BCUT2D eigenvalue weighted by atomic mass is 35.5. The number of benzene rings is 1. The van der Waals surface area contributed by atoms with Gasteiger partial charge in [0.05, 0.1) is 6.42 Å². The van der Waals surface area contributed by atoms with Gasteiger partial charge in [-0.1, -0.05) is 30.3 Å². The molecule has 1 heterocycles. The number of carbonyl (C=O) groups excluding carboxylic acids is 1. The summed E-state index contributed by atoms with van der Waals surface area (Å²) in [5.41, 5.74) is 1.02. The zero-order chi connectivity index (χ0) is 12.1. The Kier molecular flexibility index (Phi) is 6.16. The topological polar surface area (TPSA) is 29.5 Å². The molecule has 1 aromatic rings. The average Bonchev–Trinajstić information content (AvgIpc) is 2.33. The summed E-state index contributed by atoms with van der Waals surface area (Å²) in [5, 5.41) is 0. The van der Waals surface area contributed by atoms with Crippen molar-refractivity contribution in [2.45, 2.75) is 25.4 Å². The van der Waals surface area contributed by atoms with Crippen LogP contribution in [0.25, 0.3) is 0 Å². The van der Waals surface area contributed by atoms with Gasteiger partial charge < -0.3 is 22.0 Å². The first kappa shape index (κ1) is 15.0. The van der Waals surface area contributed by atoms with E-state index < -0.39 is 0 Å². The van der Waals surface area contributed by atoms with Crippen LogP contribution < -0.4 is 12.4 Å². The first-order chi connectivity index (χ1) is 8.24. The molecular weight excluding hydrogens is 250 g/mol. The van der Waals surface area contributed by atoms with Crippen molar-refractivity contribution in [3.8, 4) is 0 Å². The molecule has 0 N–H and O–H groups in total. The van der Waals surface area contributed by atoms with Crippen LogP contribution in [-0.2, 0) is 16.0 Å². The fraction of sp³-hybridized carbons (Fsp3) is 0.500. The van der Waals surface area contributed by atoms with E-state index in [-0.39, 0.29) is 24.5 Å². The van der Waals surface area contributed by atoms with Crippen LogP contribution in [0.3, 0.4) is 0 Å². The van der Waals surface area contributed by atoms with Crippen molar-refractivity contribution < 1.29 is 21.9 Å². The SMILES string of the molecule is CN1CCC(OC(=O)Cc2ccccc2)CC1.[Cl-]. The molecule has 1 fully saturated rings. The van der Waals surface area contributed by atoms with Crippen molar-refractivity contribution in [2.24, 2.45) is 0 Å². The summed E-state index contributed by atoms with van der Waals surface area (Å²) in [6, 6.07) is 9.74. The van der Waals surface area contributed by atoms with E-state index in [1.807, 2.05) is 30.3 Å². The van der Waals surface area contributed by atoms with E-state index in [1.54, 1.807) is 0 Å². The van der Waals surface area contributed by atoms with Gasteiger partial charge in [-0.05, 0) is 25.5 Å². The van der Waals surface area contributed by atoms with Crippen LogP contribution in [0.15, 0.2) is 30.3 Å². The number of piperidine rings is 1. The van der Waals surface area contributed by atoms with E-state index in [0.29, 0.717) is 6.42 Å². The van der Waals surface area contributed by atoms with E-state index in [2.05, 4.69) is 11.9 Å². The first-order valence-electron chi connectivity index (χ1n) is 6.16. The van der Waals surface area contributed by atoms with Crippen LogP contribution in [-0.4, -0.2) is 37.1 Å². The van der Waals surface area contributed by atoms with E-state index >= 15 is 0 Å². The van der Waals surface area contributed by atoms with Crippen molar-refractivity contribution in [3.05, 3.63) is 35.9 Å². The van der Waals surface area contributed by atoms with E-state index in [4.69, 9.17) is 4.74 Å². The standard InChI is InChI=1S/C14H19NO2.ClH/c1-15-9-7-13(8-10-15)17-14(16)11-12-5-3-2-4-6-12;/h2-6,13H,7-11H2,1H3;1H/p-1. The third-order valence-corrected chi connectivity index (χ3v) is 3.15. The normalized spacial score (nSPS) is 16.9. The first-order valence-corrected chi connectivity index (χ1v) is 6.16. The number of halogens is 1. The lowest BCUT2D eigenvalue weighted by Crippen LogP contribution is -3.00. The Morgan fingerprint density at radius 2 is 1.89 bits per heavy atom. The second kappa shape index (κ2) is 7.39. The molecular formula is C14H19ClNO2-. The maximum absolute atomic E-state index is 11.7. The fourth-order valence-corrected chi connectivity index (χ4v) is 2.09. The van der Waals surface area contributed by atoms with Gasteiger partial charge >= 0.3 is 5.97 Å². The highest BCUT2D eigenvalue weighted by molar-refractivity contribution is 5.72. The Morgan fingerprint density at radius 1 is 1.28 bits per heavy atom. The number of hydrogen-bond acceptors (Lipinski definition) is 3. The molecule has 3 nitrogen and oxygen atoms in total. The molecule has 0 radical (unpaired) electrons. The molecule has 0 amide bonds. The van der Waals surface area contributed by atoms with Gasteiger partial charge in [-0.3, -0.25) is 4.79 Å². The molecule has 2 rings (SSSR count). The monoisotopic (exact) mass is 268 g/mol. The van der Waals surface area contributed by atoms with Crippen LogP contribution in [0.5, 0.6) is 0 Å². The lowest BCUT2D eigenvalue weighted by atomic mass is 10.1. The number of rotatable bonds is 3. The van der Waals surface area contributed by atoms with Gasteiger partial charge in [0.2, 0.25) is 0 Å². The summed E-state index contributed by atoms with van der Waals surface area (Å²) in [7, 11) is 2.10. The lowest BCUT2D eigenvalue weighted by Gasteiger charge is -2.28. The van der Waals surface area contributed by atoms with Gasteiger partial charge in [0, 0.05) is 13.1 Å². The lowest BCUT2D eigenvalue weighted by molar-refractivity contribution is -0.150. The van der Waals surface area contributed by atoms with Crippen molar-refractivity contribution in [1.29, 1.82) is 0 Å². The Morgan fingerprint density at radius 3 is 2.50 bits per heavy atom. The van der Waals surface area contributed by atoms with Gasteiger partial charge in [-0.25, -0.2) is 0 Å². The smallest absolute Gasteiger partial charge is 0.310 e. The molecule has 1 aliphatic rings. The van der Waals surface area contributed by atoms with Crippen LogP contribution in [0, 0.1) is 0 Å². The second-order valence-corrected chi connectivity index (χ2v) is 4.65. The molecule has 0 aliphatic carbocycles. The number of hydrogen-bond donors (Lipinski definition) is 0. The molecule has 0 bridgehead atoms. The largest absolute Gasteiger partial charge is 1.00 e. The Bertz CT molecular complexity index is 361. The highest BCUT2D eigenvalue weighted by Crippen LogP contribution is 2.13. The summed E-state index contributed by atoms with van der Waals surface area (Å²) in [4.78, 5) is 14.0. The van der Waals surface area contributed by atoms with Crippen LogP contribution in [0.2, 0.25) is 0 Å². The minimum atomic E-state index is -0.106. The third-order valence-electron chi connectivity index (χ3n) is 3.15. The summed E-state index contributed by atoms with van der Waals surface area (Å²) >= 11 is 0. The molecule has 0 atom stereocenters. The molecule has 0 unspecified atom stereocenters. The molecule has 1 saturated heterocycles. The maximum atomic E-state index is 11.7. The van der Waals surface area contributed by atoms with Crippen molar-refractivity contribution in [2.75, 3.05) is 20.1 Å². The molecule has 4 heteroatoms. The quantitative estimate of drug-likeness (QED) is 0.650. The Balaban J connectivity index is 0.00000162. The maximum Gasteiger partial charge on any atom is 0.310 e. The zero-order valence-corrected chi connectivity index (χ0v) is 11.4. The number of nitrogens with zero attached hydrogens (tertiary/aromatic N) is 1. The number of esters is 1. The summed E-state index contributed by atoms with van der Waals surface area (Å²) in [5.74, 6) is -0.106. The minimum absolute atomic E-state index is 0. The number of ether oxygens (including phenoxy) is 1. The van der Waals surface area contributed by atoms with E-state index in [9.17, 15) is 4.79 Å². The summed E-state index contributed by atoms with van der Waals surface area (Å²) < 4.78 is 5.48. The molecule has 1 aliphatic heterocycles. The molecule has 1 aromatic carbocycles. The highest BCUT2D eigenvalue weighted by Gasteiger charge is 2.20. The Labute approximate surface area is 115 Å². The summed E-state index contributed by atoms with van der Waals surface area (Å²) in [6.45, 7) is 2.03. The van der Waals surface area contributed by atoms with E-state index in [0.717, 1.165) is 31.5 Å². The predicted octanol–water partition coefficient (Wildman–Crippen LogP) is -1.13. The van der Waals surface area contributed by atoms with Crippen molar-refractivity contribution in [1.82, 2.24) is 4.90 Å². The van der Waals surface area contributed by atoms with E-state index in [1.165, 1.54) is 0 Å². The van der Waals surface area contributed by atoms with Gasteiger partial charge in [-0.15, -0.1) is 0 Å². The van der Waals surface area contributed by atoms with Crippen molar-refractivity contribution >= 4 is 5.97 Å². The second-order valence-electron chi connectivity index (χ2n) is 4.65. The van der Waals surface area contributed by atoms with Crippen LogP contribution in [0.1, 0.15) is 18.4 Å². The van der Waals surface area contributed by atoms with Gasteiger partial charge in [0.25, 0.3) is 0 Å². The third kappa shape index (κ3) is 4.67. The number of carbonyl (C=O) groups is 1. The van der Waals surface area contributed by atoms with Crippen LogP contribution in [0.4, 0.5) is 0 Å². The number of likely N-dealkylation sites (tertiary alicyclic amines) is 1. The molecule has 0 spiro atoms. The minimum Gasteiger partial charge on any atom is -1.00 e. The predicted molar refractivity (Wildman–Crippen MR) is 66.8 cm³/mol. The fourth-order valence-electron chi connectivity index (χ4n) is 2.09. The zero-order valence-electron chi connectivity index (χ0n) is 10.6. The molecule has 0 aromatic heterocycles. The van der Waals surface area contributed by atoms with Gasteiger partial charge in [0.15, 0.2) is 0 Å². The molecule has 18 heavy (non-hydrogen) atoms. The molecule has 100 valence electrons. The molecule has 0 saturated carbocycles. The van der Waals surface area contributed by atoms with Gasteiger partial charge in [-0.2, -0.15) is 0 Å². The van der Waals surface area contributed by atoms with Crippen molar-refractivity contribution in [3.63, 3.8) is 0 Å². The van der Waals surface area contributed by atoms with Gasteiger partial charge in [0.1, 0.15) is 6.10 Å². The summed E-state index contributed by atoms with van der Waals surface area (Å²) in [6.07, 6.45) is 2.41. The average molecular weight is 269 g/mol. The Hall–Kier alpha value is -1.06.